The maximum atomic E-state index is 6.72. The Kier molecular flexibility index (Phi) is 6.45. The first-order chi connectivity index (χ1) is 17.9. The van der Waals surface area contributed by atoms with Gasteiger partial charge in [0.2, 0.25) is 0 Å². The largest absolute Gasteiger partial charge is 0.435 e. The van der Waals surface area contributed by atoms with Gasteiger partial charge in [0.25, 0.3) is 0 Å². The summed E-state index contributed by atoms with van der Waals surface area (Å²) in [5.74, 6) is 1.60. The fourth-order valence-electron chi connectivity index (χ4n) is 3.90. The summed E-state index contributed by atoms with van der Waals surface area (Å²) in [5.41, 5.74) is 1.96. The van der Waals surface area contributed by atoms with Gasteiger partial charge in [-0.2, -0.15) is 0 Å². The third kappa shape index (κ3) is 4.61. The molecule has 0 bridgehead atoms. The molecule has 0 aliphatic heterocycles. The molecule has 0 amide bonds. The molecule has 2 aromatic carbocycles. The second-order valence-electron chi connectivity index (χ2n) is 7.93. The van der Waals surface area contributed by atoms with Crippen LogP contribution in [0.15, 0.2) is 147 Å². The van der Waals surface area contributed by atoms with Crippen LogP contribution >= 0.6 is 16.9 Å². The summed E-state index contributed by atoms with van der Waals surface area (Å²) in [6.07, 6.45) is 16.3. The van der Waals surface area contributed by atoms with Crippen molar-refractivity contribution in [2.24, 2.45) is 0 Å². The first-order valence-electron chi connectivity index (χ1n) is 11.5. The molecule has 0 radical (unpaired) electrons. The molecule has 0 fully saturated rings. The van der Waals surface area contributed by atoms with Gasteiger partial charge in [0.1, 0.15) is 11.5 Å². The van der Waals surface area contributed by atoms with Crippen LogP contribution in [0.2, 0.25) is 0 Å². The normalized spacial score (nSPS) is 11.3. The number of benzene rings is 2. The van der Waals surface area contributed by atoms with Crippen LogP contribution in [0, 0.1) is 0 Å². The lowest BCUT2D eigenvalue weighted by Gasteiger charge is -2.24. The Labute approximate surface area is 212 Å². The molecule has 178 valence electrons. The van der Waals surface area contributed by atoms with Crippen molar-refractivity contribution in [3.8, 4) is 22.6 Å². The van der Waals surface area contributed by atoms with Gasteiger partial charge in [-0.1, -0.05) is 36.4 Å². The Morgan fingerprint density at radius 2 is 0.639 bits per heavy atom. The van der Waals surface area contributed by atoms with E-state index in [-0.39, 0.29) is 0 Å². The van der Waals surface area contributed by atoms with E-state index in [1.807, 2.05) is 135 Å². The molecule has 4 aromatic heterocycles. The minimum absolute atomic E-state index is 0.799. The monoisotopic (exact) mass is 510 g/mol. The van der Waals surface area contributed by atoms with Crippen molar-refractivity contribution in [1.29, 1.82) is 0 Å². The first-order valence-corrected chi connectivity index (χ1v) is 13.9. The van der Waals surface area contributed by atoms with Gasteiger partial charge in [-0.15, -0.1) is 0 Å². The Balaban J connectivity index is 1.38. The summed E-state index contributed by atoms with van der Waals surface area (Å²) in [6.45, 7) is 0. The third-order valence-electron chi connectivity index (χ3n) is 5.57. The van der Waals surface area contributed by atoms with E-state index >= 15 is 0 Å². The highest BCUT2D eigenvalue weighted by molar-refractivity contribution is 7.49. The molecule has 6 aromatic rings. The molecule has 0 N–H and O–H groups in total. The predicted molar refractivity (Wildman–Crippen MR) is 146 cm³/mol. The highest BCUT2D eigenvalue weighted by Crippen LogP contribution is 2.48. The fraction of sp³-hybridized carbons (Fsp3) is 0. The smallest absolute Gasteiger partial charge is 0.317 e. The van der Waals surface area contributed by atoms with Crippen LogP contribution in [0.5, 0.6) is 11.5 Å². The lowest BCUT2D eigenvalue weighted by molar-refractivity contribution is 0.586. The van der Waals surface area contributed by atoms with E-state index in [1.165, 1.54) is 0 Å². The van der Waals surface area contributed by atoms with Gasteiger partial charge in [0, 0.05) is 60.7 Å². The molecule has 0 saturated carbocycles. The summed E-state index contributed by atoms with van der Waals surface area (Å²) in [7, 11) is -2.31. The Bertz CT molecular complexity index is 1310. The quantitative estimate of drug-likeness (QED) is 0.185. The molecule has 6 nitrogen and oxygen atoms in total. The van der Waals surface area contributed by atoms with Crippen LogP contribution in [-0.4, -0.2) is 17.4 Å². The Morgan fingerprint density at radius 1 is 0.361 bits per heavy atom. The SMILES string of the molecule is c1ccc(-c2ccccc2OP(n2cccc2)n2cccc2)c(OP(n2cccc2)n2cccc2)c1. The predicted octanol–water partition coefficient (Wildman–Crippen LogP) is 7.96. The molecule has 0 aliphatic carbocycles. The van der Waals surface area contributed by atoms with Crippen molar-refractivity contribution < 1.29 is 9.05 Å². The highest BCUT2D eigenvalue weighted by atomic mass is 31.2. The van der Waals surface area contributed by atoms with Crippen molar-refractivity contribution in [3.63, 3.8) is 0 Å². The minimum atomic E-state index is -1.16. The molecule has 0 saturated heterocycles. The van der Waals surface area contributed by atoms with E-state index in [4.69, 9.17) is 9.05 Å². The van der Waals surface area contributed by atoms with Gasteiger partial charge < -0.3 is 9.05 Å². The first kappa shape index (κ1) is 22.5. The van der Waals surface area contributed by atoms with Gasteiger partial charge in [-0.05, 0) is 60.7 Å². The van der Waals surface area contributed by atoms with Crippen molar-refractivity contribution in [2.45, 2.75) is 0 Å². The Hall–Kier alpha value is -3.98. The number of rotatable bonds is 9. The molecule has 4 heterocycles. The van der Waals surface area contributed by atoms with Crippen LogP contribution in [0.4, 0.5) is 0 Å². The number of hydrogen-bond donors (Lipinski definition) is 0. The Morgan fingerprint density at radius 3 is 0.944 bits per heavy atom. The lowest BCUT2D eigenvalue weighted by atomic mass is 10.0. The summed E-state index contributed by atoms with van der Waals surface area (Å²) >= 11 is 0. The lowest BCUT2D eigenvalue weighted by Crippen LogP contribution is -2.05. The number of para-hydroxylation sites is 2. The zero-order valence-electron chi connectivity index (χ0n) is 19.4. The van der Waals surface area contributed by atoms with Crippen molar-refractivity contribution in [2.75, 3.05) is 0 Å². The zero-order valence-corrected chi connectivity index (χ0v) is 21.1. The molecule has 6 rings (SSSR count). The van der Waals surface area contributed by atoms with E-state index < -0.39 is 16.9 Å². The summed E-state index contributed by atoms with van der Waals surface area (Å²) in [6, 6.07) is 32.4. The van der Waals surface area contributed by atoms with Crippen molar-refractivity contribution >= 4 is 16.9 Å². The second-order valence-corrected chi connectivity index (χ2v) is 11.2. The van der Waals surface area contributed by atoms with E-state index in [1.54, 1.807) is 0 Å². The second kappa shape index (κ2) is 10.3. The topological polar surface area (TPSA) is 38.2 Å². The van der Waals surface area contributed by atoms with Crippen LogP contribution in [0.3, 0.4) is 0 Å². The van der Waals surface area contributed by atoms with E-state index in [0.717, 1.165) is 22.6 Å². The molecular formula is C28H24N4O2P2. The molecule has 8 heteroatoms. The molecule has 0 unspecified atom stereocenters. The molecule has 0 spiro atoms. The maximum Gasteiger partial charge on any atom is 0.317 e. The van der Waals surface area contributed by atoms with E-state index in [2.05, 4.69) is 29.5 Å². The van der Waals surface area contributed by atoms with Crippen molar-refractivity contribution in [1.82, 2.24) is 17.4 Å². The van der Waals surface area contributed by atoms with Crippen LogP contribution in [0.25, 0.3) is 11.1 Å². The summed E-state index contributed by atoms with van der Waals surface area (Å²) in [5, 5.41) is 0. The van der Waals surface area contributed by atoms with Gasteiger partial charge >= 0.3 is 16.9 Å². The summed E-state index contributed by atoms with van der Waals surface area (Å²) in [4.78, 5) is 0. The molecule has 36 heavy (non-hydrogen) atoms. The van der Waals surface area contributed by atoms with Crippen LogP contribution in [0.1, 0.15) is 0 Å². The number of nitrogens with zero attached hydrogens (tertiary/aromatic N) is 4. The highest BCUT2D eigenvalue weighted by Gasteiger charge is 2.22. The fourth-order valence-corrected chi connectivity index (χ4v) is 6.95. The number of hydrogen-bond acceptors (Lipinski definition) is 2. The zero-order chi connectivity index (χ0) is 24.2. The van der Waals surface area contributed by atoms with E-state index in [9.17, 15) is 0 Å². The standard InChI is InChI=1S/C28H24N4O2P2/c1-3-15-27(33-35(29-17-5-6-18-29)30-19-7-8-20-30)25(13-1)26-14-2-4-16-28(26)34-36(31-21-9-10-22-31)32-23-11-12-24-32/h1-24H. The average Bonchev–Trinajstić information content (AvgIpc) is 3.74. The summed E-state index contributed by atoms with van der Waals surface area (Å²) < 4.78 is 21.9. The van der Waals surface area contributed by atoms with Gasteiger partial charge in [-0.3, -0.25) is 17.4 Å². The van der Waals surface area contributed by atoms with Crippen molar-refractivity contribution in [3.05, 3.63) is 147 Å². The van der Waals surface area contributed by atoms with Crippen LogP contribution < -0.4 is 9.05 Å². The van der Waals surface area contributed by atoms with E-state index in [0.29, 0.717) is 0 Å². The minimum Gasteiger partial charge on any atom is -0.435 e. The molecule has 0 atom stereocenters. The van der Waals surface area contributed by atoms with Crippen LogP contribution in [-0.2, 0) is 0 Å². The average molecular weight is 510 g/mol. The van der Waals surface area contributed by atoms with Gasteiger partial charge in [0.05, 0.1) is 0 Å². The third-order valence-corrected chi connectivity index (χ3v) is 8.94. The molecule has 0 aliphatic rings. The van der Waals surface area contributed by atoms with Gasteiger partial charge in [-0.25, -0.2) is 0 Å². The maximum absolute atomic E-state index is 6.72. The molecular weight excluding hydrogens is 486 g/mol. The van der Waals surface area contributed by atoms with Gasteiger partial charge in [0.15, 0.2) is 0 Å². The number of aromatic nitrogens is 4.